The molecule has 0 bridgehead atoms. The van der Waals surface area contributed by atoms with Crippen molar-refractivity contribution in [2.75, 3.05) is 16.9 Å². The SMILES string of the molecule is COc1ccc(Nc2ncn(C3=CC4(NC(=O)Cc5ccc(F)cc5Br)CI4C=N3)n2)cc1. The van der Waals surface area contributed by atoms with Crippen LogP contribution < -0.4 is 15.4 Å². The van der Waals surface area contributed by atoms with E-state index in [2.05, 4.69) is 41.6 Å². The summed E-state index contributed by atoms with van der Waals surface area (Å²) in [5.74, 6) is 1.38. The summed E-state index contributed by atoms with van der Waals surface area (Å²) in [5.41, 5.74) is 1.58. The van der Waals surface area contributed by atoms with Crippen LogP contribution in [-0.4, -0.2) is 40.0 Å². The molecule has 8 nitrogen and oxygen atoms in total. The molecule has 1 saturated heterocycles. The minimum absolute atomic E-state index is 0.103. The summed E-state index contributed by atoms with van der Waals surface area (Å²) in [4.78, 5) is 21.6. The molecule has 2 aliphatic rings. The van der Waals surface area contributed by atoms with Gasteiger partial charge in [0, 0.05) is 0 Å². The van der Waals surface area contributed by atoms with E-state index in [0.29, 0.717) is 16.2 Å². The summed E-state index contributed by atoms with van der Waals surface area (Å²) in [6.45, 7) is 0. The fourth-order valence-electron chi connectivity index (χ4n) is 3.37. The predicted molar refractivity (Wildman–Crippen MR) is 137 cm³/mol. The molecule has 5 rings (SSSR count). The molecule has 1 aromatic heterocycles. The second-order valence-electron chi connectivity index (χ2n) is 7.45. The summed E-state index contributed by atoms with van der Waals surface area (Å²) < 4.78 is 23.2. The number of carbonyl (C=O) groups is 1. The van der Waals surface area contributed by atoms with Gasteiger partial charge in [-0.2, -0.15) is 0 Å². The van der Waals surface area contributed by atoms with Crippen molar-refractivity contribution in [2.45, 2.75) is 9.97 Å². The van der Waals surface area contributed by atoms with Crippen LogP contribution in [0.1, 0.15) is 5.56 Å². The molecule has 1 fully saturated rings. The Morgan fingerprint density at radius 1 is 1.30 bits per heavy atom. The maximum atomic E-state index is 13.3. The molecule has 1 unspecified atom stereocenters. The molecular formula is C22H19BrFIN6O2. The number of methoxy groups -OCH3 is 1. The van der Waals surface area contributed by atoms with Crippen molar-refractivity contribution in [3.8, 4) is 5.75 Å². The number of aliphatic imine (C=N–C) groups is 1. The number of fused-ring (bicyclic) bond motifs is 1. The van der Waals surface area contributed by atoms with Gasteiger partial charge in [0.2, 0.25) is 0 Å². The minimum atomic E-state index is -1.52. The summed E-state index contributed by atoms with van der Waals surface area (Å²) in [6, 6.07) is 11.8. The van der Waals surface area contributed by atoms with Gasteiger partial charge in [0.25, 0.3) is 0 Å². The number of aromatic nitrogens is 3. The Balaban J connectivity index is 1.27. The molecule has 33 heavy (non-hydrogen) atoms. The van der Waals surface area contributed by atoms with Crippen molar-refractivity contribution >= 4 is 63.3 Å². The molecule has 11 heteroatoms. The van der Waals surface area contributed by atoms with Gasteiger partial charge in [-0.25, -0.2) is 0 Å². The molecule has 0 aliphatic carbocycles. The Labute approximate surface area is 204 Å². The number of hydrogen-bond donors (Lipinski definition) is 2. The van der Waals surface area contributed by atoms with Gasteiger partial charge in [-0.3, -0.25) is 0 Å². The van der Waals surface area contributed by atoms with Crippen LogP contribution in [0.2, 0.25) is 0 Å². The number of amides is 1. The molecule has 0 spiro atoms. The van der Waals surface area contributed by atoms with Gasteiger partial charge in [-0.1, -0.05) is 0 Å². The molecule has 2 N–H and O–H groups in total. The summed E-state index contributed by atoms with van der Waals surface area (Å²) in [6.07, 6.45) is 3.75. The first-order chi connectivity index (χ1) is 15.9. The van der Waals surface area contributed by atoms with E-state index in [1.807, 2.05) is 34.6 Å². The van der Waals surface area contributed by atoms with Crippen molar-refractivity contribution in [3.63, 3.8) is 0 Å². The third-order valence-corrected chi connectivity index (χ3v) is 11.4. The molecule has 2 aliphatic heterocycles. The zero-order valence-corrected chi connectivity index (χ0v) is 21.2. The number of halogens is 3. The molecule has 3 aromatic rings. The van der Waals surface area contributed by atoms with Crippen LogP contribution in [0.3, 0.4) is 0 Å². The maximum absolute atomic E-state index is 13.3. The molecule has 0 saturated carbocycles. The van der Waals surface area contributed by atoms with Crippen molar-refractivity contribution in [2.24, 2.45) is 4.99 Å². The number of anilines is 2. The van der Waals surface area contributed by atoms with Gasteiger partial charge >= 0.3 is 199 Å². The first-order valence-corrected chi connectivity index (χ1v) is 14.6. The number of carbonyl (C=O) groups excluding carboxylic acids is 1. The van der Waals surface area contributed by atoms with E-state index in [-0.39, 0.29) is 21.7 Å². The zero-order valence-electron chi connectivity index (χ0n) is 17.4. The van der Waals surface area contributed by atoms with Crippen LogP contribution in [0.4, 0.5) is 16.0 Å². The Hall–Kier alpha value is -2.80. The van der Waals surface area contributed by atoms with Gasteiger partial charge in [-0.05, 0) is 0 Å². The van der Waals surface area contributed by atoms with E-state index in [1.54, 1.807) is 24.2 Å². The molecule has 1 atom stereocenters. The normalized spacial score (nSPS) is 19.5. The third kappa shape index (κ3) is 4.78. The van der Waals surface area contributed by atoms with Crippen LogP contribution in [0.25, 0.3) is 5.82 Å². The van der Waals surface area contributed by atoms with Crippen molar-refractivity contribution in [3.05, 3.63) is 70.7 Å². The van der Waals surface area contributed by atoms with E-state index in [4.69, 9.17) is 4.74 Å². The van der Waals surface area contributed by atoms with E-state index < -0.39 is 19.8 Å². The van der Waals surface area contributed by atoms with E-state index in [0.717, 1.165) is 21.4 Å². The molecule has 170 valence electrons. The monoisotopic (exact) mass is 624 g/mol. The Kier molecular flexibility index (Phi) is 5.91. The zero-order chi connectivity index (χ0) is 23.0. The van der Waals surface area contributed by atoms with Crippen LogP contribution >= 0.6 is 35.7 Å². The summed E-state index contributed by atoms with van der Waals surface area (Å²) in [7, 11) is 1.62. The van der Waals surface area contributed by atoms with Crippen LogP contribution in [0, 0.1) is 5.82 Å². The Bertz CT molecular complexity index is 1280. The average molecular weight is 625 g/mol. The topological polar surface area (TPSA) is 93.4 Å². The first-order valence-electron chi connectivity index (χ1n) is 9.94. The quantitative estimate of drug-likeness (QED) is 0.232. The second-order valence-corrected chi connectivity index (χ2v) is 13.8. The number of nitrogens with zero attached hydrogens (tertiary/aromatic N) is 4. The van der Waals surface area contributed by atoms with Gasteiger partial charge < -0.3 is 0 Å². The fraction of sp³-hybridized carbons (Fsp3) is 0.182. The Morgan fingerprint density at radius 2 is 2.12 bits per heavy atom. The van der Waals surface area contributed by atoms with Gasteiger partial charge in [0.05, 0.1) is 7.11 Å². The summed E-state index contributed by atoms with van der Waals surface area (Å²) >= 11 is 1.81. The first kappa shape index (κ1) is 22.0. The van der Waals surface area contributed by atoms with Crippen LogP contribution in [-0.2, 0) is 11.2 Å². The summed E-state index contributed by atoms with van der Waals surface area (Å²) in [5, 5.41) is 10.8. The number of alkyl halides is 2. The molecule has 1 amide bonds. The molecule has 2 aromatic carbocycles. The molecular weight excluding hydrogens is 606 g/mol. The van der Waals surface area contributed by atoms with Crippen LogP contribution in [0.5, 0.6) is 5.75 Å². The van der Waals surface area contributed by atoms with Gasteiger partial charge in [0.1, 0.15) is 0 Å². The number of ether oxygens (including phenoxy) is 1. The van der Waals surface area contributed by atoms with Gasteiger partial charge in [0.15, 0.2) is 0 Å². The fourth-order valence-corrected chi connectivity index (χ4v) is 9.08. The van der Waals surface area contributed by atoms with E-state index in [9.17, 15) is 9.18 Å². The third-order valence-electron chi connectivity index (χ3n) is 5.14. The standard InChI is InChI=1S/C22H19BrFIN6O2/c1-33-17-6-4-16(5-7-17)28-21-27-13-31(30-21)19-10-22(11-25(22)12-26-19)29-20(32)8-14-2-3-15(24)9-18(14)23/h2-7,9-10,12-13H,8,11H2,1H3,(H,28,30)(H,29,32). The van der Waals surface area contributed by atoms with E-state index >= 15 is 0 Å². The average Bonchev–Trinajstić information content (AvgIpc) is 3.31. The van der Waals surface area contributed by atoms with Gasteiger partial charge in [-0.15, -0.1) is 0 Å². The van der Waals surface area contributed by atoms with Crippen molar-refractivity contribution < 1.29 is 13.9 Å². The number of rotatable bonds is 7. The molecule has 0 radical (unpaired) electrons. The number of hydrogen-bond acceptors (Lipinski definition) is 6. The van der Waals surface area contributed by atoms with E-state index in [1.165, 1.54) is 12.1 Å². The van der Waals surface area contributed by atoms with Crippen molar-refractivity contribution in [1.82, 2.24) is 20.1 Å². The molecule has 3 heterocycles. The van der Waals surface area contributed by atoms with Crippen LogP contribution in [0.15, 0.2) is 64.3 Å². The van der Waals surface area contributed by atoms with Crippen molar-refractivity contribution in [1.29, 1.82) is 0 Å². The second kappa shape index (κ2) is 8.86. The number of benzene rings is 2. The predicted octanol–water partition coefficient (Wildman–Crippen LogP) is 4.35. The number of nitrogens with one attached hydrogen (secondary N) is 2. The Morgan fingerprint density at radius 3 is 2.88 bits per heavy atom.